The fourth-order valence-electron chi connectivity index (χ4n) is 1.74. The number of nitro groups is 1. The molecule has 0 saturated heterocycles. The van der Waals surface area contributed by atoms with Crippen molar-refractivity contribution in [3.05, 3.63) is 38.8 Å². The van der Waals surface area contributed by atoms with Crippen LogP contribution in [0.4, 0.5) is 11.4 Å². The Labute approximate surface area is 123 Å². The molecular formula is C11H14N6O3S. The third-order valence-electron chi connectivity index (χ3n) is 2.65. The number of aromatic amines is 1. The first-order chi connectivity index (χ1) is 10.0. The fraction of sp³-hybridized carbons (Fsp3) is 0.273. The number of aromatic nitrogens is 3. The van der Waals surface area contributed by atoms with Crippen molar-refractivity contribution in [3.63, 3.8) is 0 Å². The number of nitrogens with zero attached hydrogens (tertiary/aromatic N) is 3. The average molecular weight is 310 g/mol. The summed E-state index contributed by atoms with van der Waals surface area (Å²) in [7, 11) is 0. The lowest BCUT2D eigenvalue weighted by Crippen LogP contribution is -2.17. The van der Waals surface area contributed by atoms with Gasteiger partial charge < -0.3 is 5.43 Å². The molecule has 1 aromatic heterocycles. The number of non-ortho nitro benzene ring substituents is 1. The van der Waals surface area contributed by atoms with Gasteiger partial charge in [-0.1, -0.05) is 6.92 Å². The van der Waals surface area contributed by atoms with Crippen LogP contribution in [0.5, 0.6) is 0 Å². The summed E-state index contributed by atoms with van der Waals surface area (Å²) >= 11 is 1.16. The summed E-state index contributed by atoms with van der Waals surface area (Å²) in [5, 5.41) is 17.6. The molecule has 0 unspecified atom stereocenters. The Morgan fingerprint density at radius 2 is 2.29 bits per heavy atom. The number of hydrogen-bond acceptors (Lipinski definition) is 7. The highest BCUT2D eigenvalue weighted by Gasteiger charge is 2.14. The van der Waals surface area contributed by atoms with Gasteiger partial charge in [-0.25, -0.2) is 9.89 Å². The Bertz CT molecular complexity index is 710. The van der Waals surface area contributed by atoms with Crippen molar-refractivity contribution in [1.29, 1.82) is 0 Å². The quantitative estimate of drug-likeness (QED) is 0.416. The van der Waals surface area contributed by atoms with Crippen LogP contribution in [0.15, 0.2) is 33.0 Å². The minimum Gasteiger partial charge on any atom is -0.324 e. The number of rotatable bonds is 6. The highest BCUT2D eigenvalue weighted by atomic mass is 32.2. The lowest BCUT2D eigenvalue weighted by Gasteiger charge is -2.06. The number of H-pyrrole nitrogens is 1. The second-order valence-corrected chi connectivity index (χ2v) is 5.22. The lowest BCUT2D eigenvalue weighted by atomic mass is 10.3. The van der Waals surface area contributed by atoms with Crippen molar-refractivity contribution >= 4 is 23.1 Å². The lowest BCUT2D eigenvalue weighted by molar-refractivity contribution is -0.385. The van der Waals surface area contributed by atoms with Gasteiger partial charge in [-0.15, -0.1) is 5.10 Å². The van der Waals surface area contributed by atoms with Crippen molar-refractivity contribution in [2.75, 3.05) is 5.43 Å². The van der Waals surface area contributed by atoms with E-state index in [-0.39, 0.29) is 11.4 Å². The van der Waals surface area contributed by atoms with Crippen molar-refractivity contribution in [2.24, 2.45) is 5.84 Å². The number of hydrazine groups is 1. The second kappa shape index (κ2) is 6.41. The zero-order chi connectivity index (χ0) is 15.4. The van der Waals surface area contributed by atoms with Crippen LogP contribution in [0, 0.1) is 10.1 Å². The number of hydrogen-bond donors (Lipinski definition) is 3. The molecule has 1 heterocycles. The molecule has 1 aromatic carbocycles. The molecule has 2 aromatic rings. The Kier molecular flexibility index (Phi) is 4.60. The van der Waals surface area contributed by atoms with E-state index in [1.807, 2.05) is 6.92 Å². The summed E-state index contributed by atoms with van der Waals surface area (Å²) in [4.78, 5) is 22.6. The Morgan fingerprint density at radius 1 is 1.52 bits per heavy atom. The molecule has 0 saturated carbocycles. The molecular weight excluding hydrogens is 296 g/mol. The molecule has 0 aliphatic rings. The number of nitrogens with two attached hydrogens (primary N) is 1. The van der Waals surface area contributed by atoms with Crippen LogP contribution in [-0.2, 0) is 6.54 Å². The zero-order valence-corrected chi connectivity index (χ0v) is 12.0. The maximum Gasteiger partial charge on any atom is 0.343 e. The van der Waals surface area contributed by atoms with Crippen LogP contribution in [0.1, 0.15) is 13.3 Å². The van der Waals surface area contributed by atoms with Crippen molar-refractivity contribution in [1.82, 2.24) is 14.8 Å². The average Bonchev–Trinajstić information content (AvgIpc) is 2.80. The van der Waals surface area contributed by atoms with E-state index in [0.29, 0.717) is 22.3 Å². The van der Waals surface area contributed by atoms with Gasteiger partial charge in [-0.2, -0.15) is 0 Å². The number of nitro benzene ring substituents is 1. The number of anilines is 1. The molecule has 0 radical (unpaired) electrons. The van der Waals surface area contributed by atoms with E-state index >= 15 is 0 Å². The molecule has 0 amide bonds. The van der Waals surface area contributed by atoms with Crippen LogP contribution in [0.2, 0.25) is 0 Å². The summed E-state index contributed by atoms with van der Waals surface area (Å²) in [6.45, 7) is 2.46. The van der Waals surface area contributed by atoms with E-state index in [1.54, 1.807) is 6.07 Å². The summed E-state index contributed by atoms with van der Waals surface area (Å²) in [6.07, 6.45) is 0.775. The molecule has 10 heteroatoms. The molecule has 0 aliphatic heterocycles. The van der Waals surface area contributed by atoms with E-state index in [0.717, 1.165) is 18.2 Å². The van der Waals surface area contributed by atoms with Crippen LogP contribution in [0.3, 0.4) is 0 Å². The molecule has 112 valence electrons. The van der Waals surface area contributed by atoms with E-state index in [9.17, 15) is 14.9 Å². The van der Waals surface area contributed by atoms with Gasteiger partial charge in [0.25, 0.3) is 5.69 Å². The number of benzene rings is 1. The predicted molar refractivity (Wildman–Crippen MR) is 78.2 cm³/mol. The first-order valence-electron chi connectivity index (χ1n) is 6.14. The van der Waals surface area contributed by atoms with Gasteiger partial charge in [0.1, 0.15) is 0 Å². The standard InChI is InChI=1S/C11H14N6O3S/c1-2-3-16-10(18)14-15-11(16)21-9-5-7(13-12)4-8(6-9)17(19)20/h4-6,13H,2-3,12H2,1H3,(H,14,18). The molecule has 0 fully saturated rings. The molecule has 9 nitrogen and oxygen atoms in total. The van der Waals surface area contributed by atoms with Gasteiger partial charge >= 0.3 is 5.69 Å². The smallest absolute Gasteiger partial charge is 0.324 e. The molecule has 0 spiro atoms. The van der Waals surface area contributed by atoms with Crippen molar-refractivity contribution in [2.45, 2.75) is 29.9 Å². The SMILES string of the molecule is CCCn1c(Sc2cc(NN)cc([N+](=O)[O-])c2)n[nH]c1=O. The Morgan fingerprint density at radius 3 is 2.90 bits per heavy atom. The third kappa shape index (κ3) is 3.41. The van der Waals surface area contributed by atoms with Gasteiger partial charge in [0, 0.05) is 23.6 Å². The topological polar surface area (TPSA) is 132 Å². The fourth-order valence-corrected chi connectivity index (χ4v) is 2.69. The summed E-state index contributed by atoms with van der Waals surface area (Å²) < 4.78 is 1.49. The second-order valence-electron chi connectivity index (χ2n) is 4.18. The van der Waals surface area contributed by atoms with Crippen LogP contribution >= 0.6 is 11.8 Å². The monoisotopic (exact) mass is 310 g/mol. The maximum atomic E-state index is 11.6. The van der Waals surface area contributed by atoms with Crippen LogP contribution in [0.25, 0.3) is 0 Å². The minimum absolute atomic E-state index is 0.0899. The molecule has 0 atom stereocenters. The van der Waals surface area contributed by atoms with E-state index in [4.69, 9.17) is 5.84 Å². The molecule has 0 bridgehead atoms. The van der Waals surface area contributed by atoms with E-state index in [2.05, 4.69) is 15.6 Å². The third-order valence-corrected chi connectivity index (χ3v) is 3.61. The van der Waals surface area contributed by atoms with Gasteiger partial charge in [-0.05, 0) is 24.2 Å². The largest absolute Gasteiger partial charge is 0.343 e. The minimum atomic E-state index is -0.505. The normalized spacial score (nSPS) is 10.6. The summed E-state index contributed by atoms with van der Waals surface area (Å²) in [5.74, 6) is 5.30. The summed E-state index contributed by atoms with van der Waals surface area (Å²) in [5.41, 5.74) is 2.39. The van der Waals surface area contributed by atoms with Gasteiger partial charge in [-0.3, -0.25) is 20.5 Å². The van der Waals surface area contributed by atoms with Crippen molar-refractivity contribution in [3.8, 4) is 0 Å². The first kappa shape index (κ1) is 15.1. The van der Waals surface area contributed by atoms with E-state index in [1.165, 1.54) is 16.7 Å². The van der Waals surface area contributed by atoms with E-state index < -0.39 is 4.92 Å². The molecule has 2 rings (SSSR count). The highest BCUT2D eigenvalue weighted by molar-refractivity contribution is 7.99. The van der Waals surface area contributed by atoms with Gasteiger partial charge in [0.15, 0.2) is 5.16 Å². The van der Waals surface area contributed by atoms with Crippen molar-refractivity contribution < 1.29 is 4.92 Å². The van der Waals surface area contributed by atoms with Crippen LogP contribution in [-0.4, -0.2) is 19.7 Å². The summed E-state index contributed by atoms with van der Waals surface area (Å²) in [6, 6.07) is 4.38. The Hall–Kier alpha value is -2.33. The van der Waals surface area contributed by atoms with Gasteiger partial charge in [0.05, 0.1) is 10.6 Å². The number of nitrogens with one attached hydrogen (secondary N) is 2. The van der Waals surface area contributed by atoms with Crippen LogP contribution < -0.4 is 17.0 Å². The number of nitrogen functional groups attached to an aromatic ring is 1. The molecule has 21 heavy (non-hydrogen) atoms. The van der Waals surface area contributed by atoms with Gasteiger partial charge in [0.2, 0.25) is 0 Å². The maximum absolute atomic E-state index is 11.6. The highest BCUT2D eigenvalue weighted by Crippen LogP contribution is 2.31. The first-order valence-corrected chi connectivity index (χ1v) is 6.96. The molecule has 4 N–H and O–H groups in total. The zero-order valence-electron chi connectivity index (χ0n) is 11.2. The Balaban J connectivity index is 2.37. The predicted octanol–water partition coefficient (Wildman–Crippen LogP) is 1.33. The molecule has 0 aliphatic carbocycles.